The maximum absolute atomic E-state index is 11.6. The van der Waals surface area contributed by atoms with Crippen LogP contribution in [0, 0.1) is 0 Å². The lowest BCUT2D eigenvalue weighted by atomic mass is 10.1. The second-order valence-electron chi connectivity index (χ2n) is 3.96. The van der Waals surface area contributed by atoms with E-state index in [1.54, 1.807) is 0 Å². The Bertz CT molecular complexity index is 370. The Morgan fingerprint density at radius 1 is 1.41 bits per heavy atom. The molecule has 0 fully saturated rings. The van der Waals surface area contributed by atoms with Crippen molar-refractivity contribution < 1.29 is 4.79 Å². The third-order valence-electron chi connectivity index (χ3n) is 2.54. The molecule has 0 aliphatic rings. The highest BCUT2D eigenvalue weighted by Gasteiger charge is 2.11. The van der Waals surface area contributed by atoms with Crippen molar-refractivity contribution in [1.82, 2.24) is 5.32 Å². The van der Waals surface area contributed by atoms with Gasteiger partial charge in [0.25, 0.3) is 0 Å². The second kappa shape index (κ2) is 7.72. The lowest BCUT2D eigenvalue weighted by Gasteiger charge is -2.15. The molecule has 1 N–H and O–H groups in total. The van der Waals surface area contributed by atoms with Crippen LogP contribution in [0.3, 0.4) is 0 Å². The van der Waals surface area contributed by atoms with E-state index in [1.165, 1.54) is 0 Å². The standard InChI is InChI=1S/C13H17BrClNO/c1-10(11-6-2-3-7-12(11)14)16-13(17)8-4-5-9-15/h2-3,6-7,10H,4-5,8-9H2,1H3,(H,16,17)/t10-/m1/s1. The van der Waals surface area contributed by atoms with Gasteiger partial charge in [0.15, 0.2) is 0 Å². The van der Waals surface area contributed by atoms with Crippen molar-refractivity contribution in [3.8, 4) is 0 Å². The number of carbonyl (C=O) groups is 1. The molecule has 0 heterocycles. The summed E-state index contributed by atoms with van der Waals surface area (Å²) in [6, 6.07) is 7.94. The maximum atomic E-state index is 11.6. The minimum atomic E-state index is 0.0223. The summed E-state index contributed by atoms with van der Waals surface area (Å²) in [5, 5.41) is 2.98. The summed E-state index contributed by atoms with van der Waals surface area (Å²) in [6.45, 7) is 1.99. The van der Waals surface area contributed by atoms with Crippen LogP contribution < -0.4 is 5.32 Å². The molecule has 1 amide bonds. The minimum absolute atomic E-state index is 0.0223. The van der Waals surface area contributed by atoms with Crippen molar-refractivity contribution in [1.29, 1.82) is 0 Å². The van der Waals surface area contributed by atoms with E-state index in [2.05, 4.69) is 21.2 Å². The smallest absolute Gasteiger partial charge is 0.220 e. The maximum Gasteiger partial charge on any atom is 0.220 e. The molecule has 1 atom stereocenters. The van der Waals surface area contributed by atoms with Crippen molar-refractivity contribution in [2.75, 3.05) is 5.88 Å². The zero-order valence-electron chi connectivity index (χ0n) is 9.88. The van der Waals surface area contributed by atoms with Crippen LogP contribution in [0.5, 0.6) is 0 Å². The molecule has 0 aliphatic heterocycles. The van der Waals surface area contributed by atoms with Crippen molar-refractivity contribution in [3.05, 3.63) is 34.3 Å². The van der Waals surface area contributed by atoms with Crippen LogP contribution in [0.1, 0.15) is 37.8 Å². The van der Waals surface area contributed by atoms with Gasteiger partial charge in [-0.15, -0.1) is 11.6 Å². The number of unbranched alkanes of at least 4 members (excludes halogenated alkanes) is 1. The highest BCUT2D eigenvalue weighted by atomic mass is 79.9. The zero-order valence-corrected chi connectivity index (χ0v) is 12.2. The molecule has 4 heteroatoms. The molecule has 1 aromatic rings. The first kappa shape index (κ1) is 14.5. The summed E-state index contributed by atoms with van der Waals surface area (Å²) in [4.78, 5) is 11.6. The summed E-state index contributed by atoms with van der Waals surface area (Å²) in [5.41, 5.74) is 1.10. The van der Waals surface area contributed by atoms with Crippen LogP contribution in [0.4, 0.5) is 0 Å². The van der Waals surface area contributed by atoms with E-state index in [0.717, 1.165) is 22.9 Å². The number of alkyl halides is 1. The van der Waals surface area contributed by atoms with Gasteiger partial charge in [0, 0.05) is 16.8 Å². The fraction of sp³-hybridized carbons (Fsp3) is 0.462. The fourth-order valence-electron chi connectivity index (χ4n) is 1.60. The molecule has 1 aromatic carbocycles. The molecule has 1 rings (SSSR count). The van der Waals surface area contributed by atoms with Gasteiger partial charge in [0.1, 0.15) is 0 Å². The average molecular weight is 319 g/mol. The molecule has 0 radical (unpaired) electrons. The van der Waals surface area contributed by atoms with E-state index in [-0.39, 0.29) is 11.9 Å². The number of halogens is 2. The van der Waals surface area contributed by atoms with Crippen LogP contribution in [0.15, 0.2) is 28.7 Å². The van der Waals surface area contributed by atoms with Gasteiger partial charge in [-0.2, -0.15) is 0 Å². The number of benzene rings is 1. The van der Waals surface area contributed by atoms with Gasteiger partial charge in [-0.1, -0.05) is 34.1 Å². The summed E-state index contributed by atoms with van der Waals surface area (Å²) in [6.07, 6.45) is 2.28. The molecule has 0 aliphatic carbocycles. The first-order valence-electron chi connectivity index (χ1n) is 5.75. The molecule has 0 saturated heterocycles. The number of nitrogens with one attached hydrogen (secondary N) is 1. The highest BCUT2D eigenvalue weighted by molar-refractivity contribution is 9.10. The minimum Gasteiger partial charge on any atom is -0.350 e. The lowest BCUT2D eigenvalue weighted by Crippen LogP contribution is -2.26. The quantitative estimate of drug-likeness (QED) is 0.622. The molecular weight excluding hydrogens is 302 g/mol. The monoisotopic (exact) mass is 317 g/mol. The van der Waals surface area contributed by atoms with Gasteiger partial charge >= 0.3 is 0 Å². The number of hydrogen-bond acceptors (Lipinski definition) is 1. The summed E-state index contributed by atoms with van der Waals surface area (Å²) in [7, 11) is 0. The third-order valence-corrected chi connectivity index (χ3v) is 3.53. The lowest BCUT2D eigenvalue weighted by molar-refractivity contribution is -0.121. The summed E-state index contributed by atoms with van der Waals surface area (Å²) < 4.78 is 1.02. The molecule has 2 nitrogen and oxygen atoms in total. The summed E-state index contributed by atoms with van der Waals surface area (Å²) >= 11 is 9.05. The van der Waals surface area contributed by atoms with Gasteiger partial charge in [-0.05, 0) is 31.4 Å². The van der Waals surface area contributed by atoms with Gasteiger partial charge < -0.3 is 5.32 Å². The van der Waals surface area contributed by atoms with Gasteiger partial charge in [-0.3, -0.25) is 4.79 Å². The van der Waals surface area contributed by atoms with Gasteiger partial charge in [0.2, 0.25) is 5.91 Å². The SMILES string of the molecule is C[C@@H](NC(=O)CCCCCl)c1ccccc1Br. The third kappa shape index (κ3) is 5.09. The first-order chi connectivity index (χ1) is 8.15. The Morgan fingerprint density at radius 2 is 2.12 bits per heavy atom. The normalized spacial score (nSPS) is 12.2. The Hall–Kier alpha value is -0.540. The van der Waals surface area contributed by atoms with E-state index in [9.17, 15) is 4.79 Å². The Morgan fingerprint density at radius 3 is 2.76 bits per heavy atom. The van der Waals surface area contributed by atoms with Crippen molar-refractivity contribution in [2.45, 2.75) is 32.2 Å². The number of rotatable bonds is 6. The molecule has 94 valence electrons. The Balaban J connectivity index is 2.46. The molecule has 0 bridgehead atoms. The van der Waals surface area contributed by atoms with Crippen molar-refractivity contribution >= 4 is 33.4 Å². The molecule has 17 heavy (non-hydrogen) atoms. The predicted molar refractivity (Wildman–Crippen MR) is 75.3 cm³/mol. The number of hydrogen-bond donors (Lipinski definition) is 1. The van der Waals surface area contributed by atoms with Gasteiger partial charge in [-0.25, -0.2) is 0 Å². The molecule has 0 saturated carbocycles. The second-order valence-corrected chi connectivity index (χ2v) is 5.19. The van der Waals surface area contributed by atoms with Crippen LogP contribution >= 0.6 is 27.5 Å². The number of amides is 1. The van der Waals surface area contributed by atoms with E-state index in [1.807, 2.05) is 31.2 Å². The van der Waals surface area contributed by atoms with Crippen molar-refractivity contribution in [3.63, 3.8) is 0 Å². The Kier molecular flexibility index (Phi) is 6.60. The molecular formula is C13H17BrClNO. The average Bonchev–Trinajstić information content (AvgIpc) is 2.29. The van der Waals surface area contributed by atoms with E-state index >= 15 is 0 Å². The Labute approximate surface area is 116 Å². The fourth-order valence-corrected chi connectivity index (χ4v) is 2.41. The largest absolute Gasteiger partial charge is 0.350 e. The van der Waals surface area contributed by atoms with E-state index < -0.39 is 0 Å². The molecule has 0 unspecified atom stereocenters. The van der Waals surface area contributed by atoms with E-state index in [0.29, 0.717) is 12.3 Å². The first-order valence-corrected chi connectivity index (χ1v) is 7.07. The summed E-state index contributed by atoms with van der Waals surface area (Å²) in [5.74, 6) is 0.700. The van der Waals surface area contributed by atoms with Crippen LogP contribution in [-0.4, -0.2) is 11.8 Å². The van der Waals surface area contributed by atoms with E-state index in [4.69, 9.17) is 11.6 Å². The van der Waals surface area contributed by atoms with Crippen molar-refractivity contribution in [2.24, 2.45) is 0 Å². The zero-order chi connectivity index (χ0) is 12.7. The topological polar surface area (TPSA) is 29.1 Å². The number of carbonyl (C=O) groups excluding carboxylic acids is 1. The van der Waals surface area contributed by atoms with Crippen LogP contribution in [0.25, 0.3) is 0 Å². The molecule has 0 spiro atoms. The predicted octanol–water partition coefficient (Wildman–Crippen LogP) is 4.04. The molecule has 0 aromatic heterocycles. The highest BCUT2D eigenvalue weighted by Crippen LogP contribution is 2.22. The van der Waals surface area contributed by atoms with Gasteiger partial charge in [0.05, 0.1) is 6.04 Å². The van der Waals surface area contributed by atoms with Crippen LogP contribution in [0.2, 0.25) is 0 Å². The van der Waals surface area contributed by atoms with Crippen LogP contribution in [-0.2, 0) is 4.79 Å².